The Kier molecular flexibility index (Phi) is 3.05. The van der Waals surface area contributed by atoms with Gasteiger partial charge in [0.05, 0.1) is 11.3 Å². The van der Waals surface area contributed by atoms with E-state index in [1.54, 1.807) is 0 Å². The van der Waals surface area contributed by atoms with Crippen LogP contribution in [0.15, 0.2) is 35.1 Å². The van der Waals surface area contributed by atoms with Crippen molar-refractivity contribution in [2.45, 2.75) is 25.4 Å². The highest BCUT2D eigenvalue weighted by atomic mass is 16.1. The molecule has 0 fully saturated rings. The highest BCUT2D eigenvalue weighted by Crippen LogP contribution is 2.14. The lowest BCUT2D eigenvalue weighted by Crippen LogP contribution is -2.41. The van der Waals surface area contributed by atoms with Crippen molar-refractivity contribution in [2.24, 2.45) is 0 Å². The molecule has 98 valence electrons. The van der Waals surface area contributed by atoms with E-state index in [-0.39, 0.29) is 11.5 Å². The number of hydrogen-bond acceptors (Lipinski definition) is 4. The molecule has 19 heavy (non-hydrogen) atoms. The van der Waals surface area contributed by atoms with Crippen LogP contribution in [0.3, 0.4) is 0 Å². The molecule has 0 radical (unpaired) electrons. The van der Waals surface area contributed by atoms with E-state index in [1.807, 2.05) is 18.2 Å². The van der Waals surface area contributed by atoms with Crippen molar-refractivity contribution in [3.63, 3.8) is 0 Å². The molecule has 2 heterocycles. The number of nitrogen functional groups attached to an aromatic ring is 1. The lowest BCUT2D eigenvalue weighted by molar-refractivity contribution is 0.466. The molecular formula is C14H16N4O. The number of rotatable bonds is 2. The molecule has 0 bridgehead atoms. The van der Waals surface area contributed by atoms with Crippen LogP contribution in [0.25, 0.3) is 0 Å². The van der Waals surface area contributed by atoms with Gasteiger partial charge in [0.1, 0.15) is 0 Å². The number of nitrogens with zero attached hydrogens (tertiary/aromatic N) is 1. The van der Waals surface area contributed by atoms with Gasteiger partial charge in [-0.15, -0.1) is 0 Å². The predicted molar refractivity (Wildman–Crippen MR) is 73.7 cm³/mol. The molecule has 1 atom stereocenters. The van der Waals surface area contributed by atoms with E-state index in [0.717, 1.165) is 18.5 Å². The summed E-state index contributed by atoms with van der Waals surface area (Å²) in [5, 5.41) is 3.38. The van der Waals surface area contributed by atoms with Gasteiger partial charge in [-0.2, -0.15) is 0 Å². The molecule has 5 heteroatoms. The van der Waals surface area contributed by atoms with Crippen molar-refractivity contribution < 1.29 is 0 Å². The lowest BCUT2D eigenvalue weighted by Gasteiger charge is -2.24. The standard InChI is InChI=1S/C14H16N4O/c15-14-17-12-7-10(6-9-4-2-1-3-5-9)16-8-11(12)13(19)18-14/h1-5,10,16H,6-8H2,(H3,15,17,18,19). The highest BCUT2D eigenvalue weighted by molar-refractivity contribution is 5.28. The zero-order valence-corrected chi connectivity index (χ0v) is 10.5. The van der Waals surface area contributed by atoms with Gasteiger partial charge < -0.3 is 11.1 Å². The first-order valence-corrected chi connectivity index (χ1v) is 6.37. The summed E-state index contributed by atoms with van der Waals surface area (Å²) < 4.78 is 0. The summed E-state index contributed by atoms with van der Waals surface area (Å²) >= 11 is 0. The Morgan fingerprint density at radius 3 is 2.89 bits per heavy atom. The van der Waals surface area contributed by atoms with Gasteiger partial charge in [0.2, 0.25) is 5.95 Å². The number of benzene rings is 1. The molecule has 1 aliphatic heterocycles. The quantitative estimate of drug-likeness (QED) is 0.735. The Balaban J connectivity index is 1.81. The van der Waals surface area contributed by atoms with Crippen molar-refractivity contribution in [2.75, 3.05) is 5.73 Å². The molecule has 0 aliphatic carbocycles. The molecule has 0 saturated heterocycles. The smallest absolute Gasteiger partial charge is 0.257 e. The Hall–Kier alpha value is -2.14. The minimum atomic E-state index is -0.131. The van der Waals surface area contributed by atoms with Gasteiger partial charge in [0, 0.05) is 19.0 Å². The minimum absolute atomic E-state index is 0.131. The minimum Gasteiger partial charge on any atom is -0.369 e. The molecule has 4 N–H and O–H groups in total. The fourth-order valence-electron chi connectivity index (χ4n) is 2.51. The van der Waals surface area contributed by atoms with Gasteiger partial charge in [0.25, 0.3) is 5.56 Å². The number of hydrogen-bond donors (Lipinski definition) is 3. The van der Waals surface area contributed by atoms with Crippen LogP contribution in [-0.4, -0.2) is 16.0 Å². The summed E-state index contributed by atoms with van der Waals surface area (Å²) in [6, 6.07) is 10.6. The molecule has 1 aliphatic rings. The van der Waals surface area contributed by atoms with Crippen LogP contribution in [-0.2, 0) is 19.4 Å². The van der Waals surface area contributed by atoms with Crippen molar-refractivity contribution in [1.82, 2.24) is 15.3 Å². The Bertz CT molecular complexity index is 636. The SMILES string of the molecule is Nc1nc2c(c(=O)[nH]1)CNC(Cc1ccccc1)C2. The molecule has 0 spiro atoms. The van der Waals surface area contributed by atoms with E-state index >= 15 is 0 Å². The summed E-state index contributed by atoms with van der Waals surface area (Å²) in [6.07, 6.45) is 1.66. The third-order valence-electron chi connectivity index (χ3n) is 3.45. The fraction of sp³-hybridized carbons (Fsp3) is 0.286. The number of nitrogens with one attached hydrogen (secondary N) is 2. The first-order valence-electron chi connectivity index (χ1n) is 6.37. The molecule has 1 unspecified atom stereocenters. The zero-order valence-electron chi connectivity index (χ0n) is 10.5. The van der Waals surface area contributed by atoms with E-state index in [1.165, 1.54) is 5.56 Å². The molecule has 1 aromatic heterocycles. The maximum atomic E-state index is 11.7. The molecule has 2 aromatic rings. The van der Waals surface area contributed by atoms with Gasteiger partial charge in [0.15, 0.2) is 0 Å². The van der Waals surface area contributed by atoms with Gasteiger partial charge in [-0.3, -0.25) is 9.78 Å². The normalized spacial score (nSPS) is 18.0. The Morgan fingerprint density at radius 2 is 2.11 bits per heavy atom. The van der Waals surface area contributed by atoms with Gasteiger partial charge in [-0.05, 0) is 12.0 Å². The van der Waals surface area contributed by atoms with Gasteiger partial charge >= 0.3 is 0 Å². The summed E-state index contributed by atoms with van der Waals surface area (Å²) in [7, 11) is 0. The van der Waals surface area contributed by atoms with Crippen molar-refractivity contribution in [1.29, 1.82) is 0 Å². The molecule has 0 saturated carbocycles. The van der Waals surface area contributed by atoms with Crippen LogP contribution in [0.2, 0.25) is 0 Å². The van der Waals surface area contributed by atoms with Crippen LogP contribution < -0.4 is 16.6 Å². The van der Waals surface area contributed by atoms with E-state index in [0.29, 0.717) is 18.2 Å². The largest absolute Gasteiger partial charge is 0.369 e. The van der Waals surface area contributed by atoms with Crippen LogP contribution >= 0.6 is 0 Å². The average Bonchev–Trinajstić information content (AvgIpc) is 2.39. The number of aromatic nitrogens is 2. The topological polar surface area (TPSA) is 83.8 Å². The lowest BCUT2D eigenvalue weighted by atomic mass is 9.96. The van der Waals surface area contributed by atoms with Crippen LogP contribution in [0.4, 0.5) is 5.95 Å². The molecular weight excluding hydrogens is 240 g/mol. The summed E-state index contributed by atoms with van der Waals surface area (Å²) in [4.78, 5) is 18.5. The monoisotopic (exact) mass is 256 g/mol. The van der Waals surface area contributed by atoms with Crippen molar-refractivity contribution in [3.05, 3.63) is 57.5 Å². The molecule has 5 nitrogen and oxygen atoms in total. The third-order valence-corrected chi connectivity index (χ3v) is 3.45. The maximum Gasteiger partial charge on any atom is 0.257 e. The number of anilines is 1. The number of fused-ring (bicyclic) bond motifs is 1. The number of aromatic amines is 1. The highest BCUT2D eigenvalue weighted by Gasteiger charge is 2.22. The second-order valence-electron chi connectivity index (χ2n) is 4.85. The van der Waals surface area contributed by atoms with Crippen LogP contribution in [0, 0.1) is 0 Å². The molecule has 3 rings (SSSR count). The molecule has 1 aromatic carbocycles. The van der Waals surface area contributed by atoms with Crippen LogP contribution in [0.5, 0.6) is 0 Å². The first-order chi connectivity index (χ1) is 9.22. The van der Waals surface area contributed by atoms with Crippen molar-refractivity contribution >= 4 is 5.95 Å². The van der Waals surface area contributed by atoms with Crippen molar-refractivity contribution in [3.8, 4) is 0 Å². The Morgan fingerprint density at radius 1 is 1.32 bits per heavy atom. The first kappa shape index (κ1) is 11.9. The second kappa shape index (κ2) is 4.85. The van der Waals surface area contributed by atoms with E-state index in [2.05, 4.69) is 27.4 Å². The third kappa shape index (κ3) is 2.51. The van der Waals surface area contributed by atoms with Crippen LogP contribution in [0.1, 0.15) is 16.8 Å². The van der Waals surface area contributed by atoms with E-state index in [9.17, 15) is 4.79 Å². The summed E-state index contributed by atoms with van der Waals surface area (Å²) in [5.41, 5.74) is 8.27. The second-order valence-corrected chi connectivity index (χ2v) is 4.85. The number of H-pyrrole nitrogens is 1. The van der Waals surface area contributed by atoms with E-state index < -0.39 is 0 Å². The predicted octanol–water partition coefficient (Wildman–Crippen LogP) is 0.609. The Labute approximate surface area is 110 Å². The zero-order chi connectivity index (χ0) is 13.2. The van der Waals surface area contributed by atoms with Gasteiger partial charge in [-0.25, -0.2) is 4.98 Å². The maximum absolute atomic E-state index is 11.7. The van der Waals surface area contributed by atoms with E-state index in [4.69, 9.17) is 5.73 Å². The fourth-order valence-corrected chi connectivity index (χ4v) is 2.51. The number of nitrogens with two attached hydrogens (primary N) is 1. The summed E-state index contributed by atoms with van der Waals surface area (Å²) in [6.45, 7) is 0.551. The molecule has 0 amide bonds. The van der Waals surface area contributed by atoms with Gasteiger partial charge in [-0.1, -0.05) is 30.3 Å². The average molecular weight is 256 g/mol. The summed E-state index contributed by atoms with van der Waals surface area (Å²) in [5.74, 6) is 0.198.